The summed E-state index contributed by atoms with van der Waals surface area (Å²) in [6.07, 6.45) is 1.17. The molecule has 1 N–H and O–H groups in total. The van der Waals surface area contributed by atoms with Gasteiger partial charge >= 0.3 is 0 Å². The van der Waals surface area contributed by atoms with Crippen LogP contribution in [-0.4, -0.2) is 31.7 Å². The zero-order valence-electron chi connectivity index (χ0n) is 18.0. The van der Waals surface area contributed by atoms with E-state index < -0.39 is 21.8 Å². The molecule has 6 nitrogen and oxygen atoms in total. The van der Waals surface area contributed by atoms with E-state index in [1.54, 1.807) is 24.3 Å². The van der Waals surface area contributed by atoms with Gasteiger partial charge in [0.05, 0.1) is 10.8 Å². The molecule has 8 heteroatoms. The van der Waals surface area contributed by atoms with Gasteiger partial charge in [-0.25, -0.2) is 12.8 Å². The molecule has 0 aliphatic carbocycles. The van der Waals surface area contributed by atoms with Gasteiger partial charge in [-0.15, -0.1) is 0 Å². The second-order valence-corrected chi connectivity index (χ2v) is 9.88. The minimum absolute atomic E-state index is 0.0241. The first kappa shape index (κ1) is 22.9. The van der Waals surface area contributed by atoms with Crippen LogP contribution in [-0.2, 0) is 21.4 Å². The lowest BCUT2D eigenvalue weighted by atomic mass is 9.99. The normalized spacial score (nSPS) is 16.8. The fourth-order valence-electron chi connectivity index (χ4n) is 3.75. The average Bonchev–Trinajstić information content (AvgIpc) is 2.84. The van der Waals surface area contributed by atoms with Crippen LogP contribution in [0.3, 0.4) is 0 Å². The van der Waals surface area contributed by atoms with Crippen LogP contribution in [0.5, 0.6) is 5.75 Å². The van der Waals surface area contributed by atoms with Crippen LogP contribution < -0.4 is 10.1 Å². The number of nitrogens with one attached hydrogen (secondary N) is 1. The number of hydrogen-bond donors (Lipinski definition) is 1. The van der Waals surface area contributed by atoms with E-state index in [0.717, 1.165) is 17.7 Å². The van der Waals surface area contributed by atoms with E-state index in [1.165, 1.54) is 16.4 Å². The summed E-state index contributed by atoms with van der Waals surface area (Å²) in [7, 11) is -3.78. The molecule has 1 fully saturated rings. The monoisotopic (exact) mass is 468 g/mol. The molecule has 1 atom stereocenters. The van der Waals surface area contributed by atoms with Gasteiger partial charge in [0.25, 0.3) is 0 Å². The van der Waals surface area contributed by atoms with Crippen LogP contribution in [0.2, 0.25) is 0 Å². The molecule has 1 heterocycles. The number of piperidine rings is 1. The first-order valence-corrected chi connectivity index (χ1v) is 12.2. The SMILES string of the molecule is O=C(Nc1ccc(OCc2ccccc2)cc1)[C@H]1CCCN(S(=O)(=O)c2ccc(F)cc2)C1. The van der Waals surface area contributed by atoms with Gasteiger partial charge in [0.2, 0.25) is 15.9 Å². The number of nitrogens with zero attached hydrogens (tertiary/aromatic N) is 1. The molecule has 0 radical (unpaired) electrons. The lowest BCUT2D eigenvalue weighted by molar-refractivity contribution is -0.120. The Kier molecular flexibility index (Phi) is 7.05. The Morgan fingerprint density at radius 2 is 1.70 bits per heavy atom. The van der Waals surface area contributed by atoms with Gasteiger partial charge in [-0.1, -0.05) is 30.3 Å². The molecule has 1 amide bonds. The van der Waals surface area contributed by atoms with Crippen molar-refractivity contribution in [3.63, 3.8) is 0 Å². The Bertz CT molecular complexity index is 1180. The molecular formula is C25H25FN2O4S. The summed E-state index contributed by atoms with van der Waals surface area (Å²) < 4.78 is 46.0. The van der Waals surface area contributed by atoms with E-state index in [9.17, 15) is 17.6 Å². The highest BCUT2D eigenvalue weighted by Gasteiger charge is 2.33. The van der Waals surface area contributed by atoms with E-state index in [2.05, 4.69) is 5.32 Å². The Morgan fingerprint density at radius 1 is 1.00 bits per heavy atom. The molecule has 0 saturated carbocycles. The van der Waals surface area contributed by atoms with Gasteiger partial charge in [0.1, 0.15) is 18.2 Å². The first-order chi connectivity index (χ1) is 15.9. The first-order valence-electron chi connectivity index (χ1n) is 10.8. The number of carbonyl (C=O) groups is 1. The molecular weight excluding hydrogens is 443 g/mol. The molecule has 3 aromatic carbocycles. The molecule has 0 bridgehead atoms. The number of benzene rings is 3. The van der Waals surface area contributed by atoms with Gasteiger partial charge in [0, 0.05) is 18.8 Å². The molecule has 0 unspecified atom stereocenters. The third kappa shape index (κ3) is 5.77. The van der Waals surface area contributed by atoms with Crippen LogP contribution in [0.4, 0.5) is 10.1 Å². The summed E-state index contributed by atoms with van der Waals surface area (Å²) >= 11 is 0. The van der Waals surface area contributed by atoms with Crippen LogP contribution in [0.1, 0.15) is 18.4 Å². The van der Waals surface area contributed by atoms with Gasteiger partial charge in [-0.05, 0) is 66.9 Å². The number of anilines is 1. The highest BCUT2D eigenvalue weighted by Crippen LogP contribution is 2.25. The van der Waals surface area contributed by atoms with Crippen molar-refractivity contribution in [2.24, 2.45) is 5.92 Å². The summed E-state index contributed by atoms with van der Waals surface area (Å²) in [6, 6.07) is 21.6. The van der Waals surface area contributed by atoms with Gasteiger partial charge in [0.15, 0.2) is 0 Å². The third-order valence-electron chi connectivity index (χ3n) is 5.58. The van der Waals surface area contributed by atoms with Crippen molar-refractivity contribution in [2.45, 2.75) is 24.3 Å². The molecule has 1 aliphatic heterocycles. The summed E-state index contributed by atoms with van der Waals surface area (Å²) in [5.74, 6) is -0.512. The Balaban J connectivity index is 1.34. The summed E-state index contributed by atoms with van der Waals surface area (Å²) in [5, 5.41) is 2.87. The molecule has 3 aromatic rings. The molecule has 4 rings (SSSR count). The van der Waals surface area contributed by atoms with Crippen LogP contribution in [0.15, 0.2) is 83.8 Å². The second kappa shape index (κ2) is 10.1. The fraction of sp³-hybridized carbons (Fsp3) is 0.240. The van der Waals surface area contributed by atoms with E-state index in [1.807, 2.05) is 30.3 Å². The summed E-state index contributed by atoms with van der Waals surface area (Å²) in [6.45, 7) is 0.869. The number of carbonyl (C=O) groups excluding carboxylic acids is 1. The number of amides is 1. The minimum atomic E-state index is -3.78. The number of rotatable bonds is 7. The van der Waals surface area contributed by atoms with Crippen molar-refractivity contribution in [3.05, 3.63) is 90.2 Å². The number of ether oxygens (including phenoxy) is 1. The zero-order chi connectivity index (χ0) is 23.3. The highest BCUT2D eigenvalue weighted by atomic mass is 32.2. The Morgan fingerprint density at radius 3 is 2.39 bits per heavy atom. The Hall–Kier alpha value is -3.23. The van der Waals surface area contributed by atoms with E-state index in [-0.39, 0.29) is 17.3 Å². The van der Waals surface area contributed by atoms with E-state index in [4.69, 9.17) is 4.74 Å². The molecule has 1 aliphatic rings. The highest BCUT2D eigenvalue weighted by molar-refractivity contribution is 7.89. The summed E-state index contributed by atoms with van der Waals surface area (Å²) in [4.78, 5) is 12.8. The maximum absolute atomic E-state index is 13.2. The predicted molar refractivity (Wildman–Crippen MR) is 124 cm³/mol. The summed E-state index contributed by atoms with van der Waals surface area (Å²) in [5.41, 5.74) is 1.68. The number of halogens is 1. The fourth-order valence-corrected chi connectivity index (χ4v) is 5.27. The molecule has 0 spiro atoms. The molecule has 33 heavy (non-hydrogen) atoms. The van der Waals surface area contributed by atoms with E-state index in [0.29, 0.717) is 37.4 Å². The lowest BCUT2D eigenvalue weighted by Gasteiger charge is -2.31. The number of hydrogen-bond acceptors (Lipinski definition) is 4. The van der Waals surface area contributed by atoms with Crippen LogP contribution >= 0.6 is 0 Å². The topological polar surface area (TPSA) is 75.7 Å². The van der Waals surface area contributed by atoms with Crippen LogP contribution in [0.25, 0.3) is 0 Å². The van der Waals surface area contributed by atoms with Crippen molar-refractivity contribution >= 4 is 21.6 Å². The van der Waals surface area contributed by atoms with Gasteiger partial charge in [-0.3, -0.25) is 4.79 Å². The maximum atomic E-state index is 13.2. The molecule has 1 saturated heterocycles. The van der Waals surface area contributed by atoms with Crippen molar-refractivity contribution in [3.8, 4) is 5.75 Å². The van der Waals surface area contributed by atoms with E-state index >= 15 is 0 Å². The van der Waals surface area contributed by atoms with Crippen molar-refractivity contribution in [1.82, 2.24) is 4.31 Å². The van der Waals surface area contributed by atoms with Crippen molar-refractivity contribution in [1.29, 1.82) is 0 Å². The van der Waals surface area contributed by atoms with Crippen LogP contribution in [0, 0.1) is 11.7 Å². The number of sulfonamides is 1. The molecule has 0 aromatic heterocycles. The predicted octanol–water partition coefficient (Wildman–Crippen LogP) is 4.44. The lowest BCUT2D eigenvalue weighted by Crippen LogP contribution is -2.43. The molecule has 172 valence electrons. The largest absolute Gasteiger partial charge is 0.489 e. The van der Waals surface area contributed by atoms with Crippen molar-refractivity contribution in [2.75, 3.05) is 18.4 Å². The van der Waals surface area contributed by atoms with Crippen molar-refractivity contribution < 1.29 is 22.3 Å². The quantitative estimate of drug-likeness (QED) is 0.556. The Labute approximate surface area is 193 Å². The third-order valence-corrected chi connectivity index (χ3v) is 7.46. The minimum Gasteiger partial charge on any atom is -0.489 e. The van der Waals surface area contributed by atoms with Gasteiger partial charge in [-0.2, -0.15) is 4.31 Å². The zero-order valence-corrected chi connectivity index (χ0v) is 18.8. The standard InChI is InChI=1S/C25H25FN2O4S/c26-21-8-14-24(15-9-21)33(30,31)28-16-4-7-20(17-28)25(29)27-22-10-12-23(13-11-22)32-18-19-5-2-1-3-6-19/h1-3,5-6,8-15,20H,4,7,16-18H2,(H,27,29)/t20-/m0/s1. The second-order valence-electron chi connectivity index (χ2n) is 7.94. The average molecular weight is 469 g/mol. The van der Waals surface area contributed by atoms with Gasteiger partial charge < -0.3 is 10.1 Å². The smallest absolute Gasteiger partial charge is 0.243 e. The maximum Gasteiger partial charge on any atom is 0.243 e.